The lowest BCUT2D eigenvalue weighted by Crippen LogP contribution is -1.98. The summed E-state index contributed by atoms with van der Waals surface area (Å²) in [6, 6.07) is 7.15. The predicted octanol–water partition coefficient (Wildman–Crippen LogP) is 3.64. The molecule has 16 heavy (non-hydrogen) atoms. The first-order valence-corrected chi connectivity index (χ1v) is 5.69. The Morgan fingerprint density at radius 1 is 1.38 bits per heavy atom. The molecule has 0 amide bonds. The second kappa shape index (κ2) is 4.48. The molecule has 84 valence electrons. The highest BCUT2D eigenvalue weighted by molar-refractivity contribution is 6.48. The maximum Gasteiger partial charge on any atom is 0.307 e. The number of carboxylic acids is 1. The third-order valence-electron chi connectivity index (χ3n) is 2.64. The van der Waals surface area contributed by atoms with Crippen LogP contribution in [0.4, 0.5) is 0 Å². The van der Waals surface area contributed by atoms with Gasteiger partial charge < -0.3 is 5.11 Å². The molecule has 1 fully saturated rings. The zero-order valence-electron chi connectivity index (χ0n) is 8.36. The van der Waals surface area contributed by atoms with Crippen LogP contribution in [-0.2, 0) is 4.79 Å². The minimum Gasteiger partial charge on any atom is -0.481 e. The number of hydrogen-bond donors (Lipinski definition) is 1. The highest BCUT2D eigenvalue weighted by Gasteiger charge is 2.41. The molecule has 1 aliphatic carbocycles. The molecule has 0 saturated heterocycles. The fourth-order valence-corrected chi connectivity index (χ4v) is 1.99. The van der Waals surface area contributed by atoms with Crippen molar-refractivity contribution in [1.82, 2.24) is 0 Å². The van der Waals surface area contributed by atoms with E-state index in [0.29, 0.717) is 16.5 Å². The second-order valence-electron chi connectivity index (χ2n) is 3.87. The number of hydrogen-bond acceptors (Lipinski definition) is 1. The highest BCUT2D eigenvalue weighted by Crippen LogP contribution is 2.42. The molecule has 2 atom stereocenters. The van der Waals surface area contributed by atoms with Crippen LogP contribution in [0, 0.1) is 11.8 Å². The van der Waals surface area contributed by atoms with Crippen LogP contribution in [-0.4, -0.2) is 11.1 Å². The summed E-state index contributed by atoms with van der Waals surface area (Å²) in [5.41, 5.74) is 0.863. The van der Waals surface area contributed by atoms with Gasteiger partial charge in [0.2, 0.25) is 0 Å². The van der Waals surface area contributed by atoms with Crippen molar-refractivity contribution in [2.24, 2.45) is 11.8 Å². The zero-order valence-corrected chi connectivity index (χ0v) is 9.87. The fraction of sp³-hybridized carbons (Fsp3) is 0.250. The van der Waals surface area contributed by atoms with Crippen molar-refractivity contribution in [2.75, 3.05) is 0 Å². The molecular weight excluding hydrogens is 247 g/mol. The van der Waals surface area contributed by atoms with Crippen molar-refractivity contribution in [1.29, 1.82) is 0 Å². The largest absolute Gasteiger partial charge is 0.481 e. The third kappa shape index (κ3) is 2.57. The third-order valence-corrected chi connectivity index (χ3v) is 3.23. The van der Waals surface area contributed by atoms with E-state index in [1.165, 1.54) is 0 Å². The number of allylic oxidation sites excluding steroid dienone is 1. The molecule has 2 rings (SSSR count). The Balaban J connectivity index is 2.08. The predicted molar refractivity (Wildman–Crippen MR) is 64.5 cm³/mol. The molecule has 2 unspecified atom stereocenters. The number of halogens is 2. The van der Waals surface area contributed by atoms with E-state index in [9.17, 15) is 4.79 Å². The number of carboxylic acid groups (broad SMARTS) is 1. The monoisotopic (exact) mass is 256 g/mol. The summed E-state index contributed by atoms with van der Waals surface area (Å²) in [6.45, 7) is 0. The van der Waals surface area contributed by atoms with E-state index in [0.717, 1.165) is 5.56 Å². The zero-order chi connectivity index (χ0) is 11.7. The van der Waals surface area contributed by atoms with E-state index >= 15 is 0 Å². The molecule has 0 radical (unpaired) electrons. The van der Waals surface area contributed by atoms with Crippen LogP contribution >= 0.6 is 23.2 Å². The molecule has 4 heteroatoms. The van der Waals surface area contributed by atoms with E-state index in [-0.39, 0.29) is 11.8 Å². The lowest BCUT2D eigenvalue weighted by Gasteiger charge is -1.99. The van der Waals surface area contributed by atoms with Gasteiger partial charge in [-0.05, 0) is 30.0 Å². The normalized spacial score (nSPS) is 24.2. The smallest absolute Gasteiger partial charge is 0.307 e. The maximum atomic E-state index is 10.6. The molecular formula is C12H10Cl2O2. The van der Waals surface area contributed by atoms with Crippen LogP contribution in [0.15, 0.2) is 30.3 Å². The number of carbonyl (C=O) groups is 1. The van der Waals surface area contributed by atoms with Gasteiger partial charge in [0.15, 0.2) is 0 Å². The van der Waals surface area contributed by atoms with Gasteiger partial charge in [0.25, 0.3) is 0 Å². The fourth-order valence-electron chi connectivity index (χ4n) is 1.58. The molecule has 0 bridgehead atoms. The van der Waals surface area contributed by atoms with E-state index < -0.39 is 5.97 Å². The molecule has 1 N–H and O–H groups in total. The number of benzene rings is 1. The van der Waals surface area contributed by atoms with E-state index in [2.05, 4.69) is 0 Å². The Hall–Kier alpha value is -0.990. The molecule has 1 saturated carbocycles. The van der Waals surface area contributed by atoms with Crippen LogP contribution in [0.5, 0.6) is 0 Å². The summed E-state index contributed by atoms with van der Waals surface area (Å²) in [5, 5.41) is 10.00. The standard InChI is InChI=1S/C12H10Cl2O2/c13-9-3-1-7(2-4-9)11(14)6-8-5-10(8)12(15)16/h1-4,6,8,10H,5H2,(H,15,16). The quantitative estimate of drug-likeness (QED) is 0.897. The topological polar surface area (TPSA) is 37.3 Å². The lowest BCUT2D eigenvalue weighted by atomic mass is 10.2. The molecule has 1 aromatic rings. The molecule has 1 aromatic carbocycles. The van der Waals surface area contributed by atoms with Crippen LogP contribution in [0.1, 0.15) is 12.0 Å². The van der Waals surface area contributed by atoms with Gasteiger partial charge in [-0.1, -0.05) is 41.4 Å². The Bertz CT molecular complexity index is 437. The summed E-state index contributed by atoms with van der Waals surface area (Å²) < 4.78 is 0. The van der Waals surface area contributed by atoms with E-state index in [4.69, 9.17) is 28.3 Å². The van der Waals surface area contributed by atoms with Crippen molar-refractivity contribution in [3.63, 3.8) is 0 Å². The summed E-state index contributed by atoms with van der Waals surface area (Å²) in [5.74, 6) is -0.941. The van der Waals surface area contributed by atoms with Crippen LogP contribution in [0.3, 0.4) is 0 Å². The molecule has 0 aromatic heterocycles. The average molecular weight is 257 g/mol. The van der Waals surface area contributed by atoms with Crippen molar-refractivity contribution >= 4 is 34.2 Å². The van der Waals surface area contributed by atoms with Gasteiger partial charge in [0.1, 0.15) is 0 Å². The first-order valence-electron chi connectivity index (χ1n) is 4.94. The summed E-state index contributed by atoms with van der Waals surface area (Å²) in [6.07, 6.45) is 2.49. The van der Waals surface area contributed by atoms with Crippen molar-refractivity contribution in [2.45, 2.75) is 6.42 Å². The van der Waals surface area contributed by atoms with E-state index in [1.54, 1.807) is 12.1 Å². The molecule has 0 aliphatic heterocycles. The van der Waals surface area contributed by atoms with Crippen LogP contribution in [0.25, 0.3) is 5.03 Å². The maximum absolute atomic E-state index is 10.6. The van der Waals surface area contributed by atoms with Gasteiger partial charge in [0, 0.05) is 10.1 Å². The Kier molecular flexibility index (Phi) is 3.22. The average Bonchev–Trinajstić information content (AvgIpc) is 2.98. The minimum atomic E-state index is -0.748. The Labute approximate surface area is 103 Å². The molecule has 0 heterocycles. The number of rotatable bonds is 3. The van der Waals surface area contributed by atoms with Gasteiger partial charge in [-0.15, -0.1) is 0 Å². The Morgan fingerprint density at radius 3 is 2.50 bits per heavy atom. The van der Waals surface area contributed by atoms with Crippen LogP contribution < -0.4 is 0 Å². The van der Waals surface area contributed by atoms with E-state index in [1.807, 2.05) is 18.2 Å². The second-order valence-corrected chi connectivity index (χ2v) is 4.71. The molecule has 0 spiro atoms. The number of aliphatic carboxylic acids is 1. The Morgan fingerprint density at radius 2 is 2.00 bits per heavy atom. The van der Waals surface area contributed by atoms with Gasteiger partial charge in [-0.2, -0.15) is 0 Å². The van der Waals surface area contributed by atoms with Gasteiger partial charge in [-0.25, -0.2) is 0 Å². The van der Waals surface area contributed by atoms with Crippen molar-refractivity contribution < 1.29 is 9.90 Å². The lowest BCUT2D eigenvalue weighted by molar-refractivity contribution is -0.138. The molecule has 2 nitrogen and oxygen atoms in total. The van der Waals surface area contributed by atoms with Gasteiger partial charge >= 0.3 is 5.97 Å². The molecule has 1 aliphatic rings. The first-order chi connectivity index (χ1) is 7.58. The van der Waals surface area contributed by atoms with Gasteiger partial charge in [0.05, 0.1) is 5.92 Å². The van der Waals surface area contributed by atoms with Crippen LogP contribution in [0.2, 0.25) is 5.02 Å². The first kappa shape index (κ1) is 11.5. The summed E-state index contributed by atoms with van der Waals surface area (Å²) >= 11 is 11.8. The van der Waals surface area contributed by atoms with Gasteiger partial charge in [-0.3, -0.25) is 4.79 Å². The van der Waals surface area contributed by atoms with Crippen molar-refractivity contribution in [3.8, 4) is 0 Å². The SMILES string of the molecule is O=C(O)C1CC1C=C(Cl)c1ccc(Cl)cc1. The summed E-state index contributed by atoms with van der Waals surface area (Å²) in [7, 11) is 0. The van der Waals surface area contributed by atoms with Crippen molar-refractivity contribution in [3.05, 3.63) is 40.9 Å². The summed E-state index contributed by atoms with van der Waals surface area (Å²) in [4.78, 5) is 10.6. The minimum absolute atomic E-state index is 0.0701. The highest BCUT2D eigenvalue weighted by atomic mass is 35.5.